The Bertz CT molecular complexity index is 654. The first-order valence-electron chi connectivity index (χ1n) is 8.27. The van der Waals surface area contributed by atoms with E-state index >= 15 is 0 Å². The van der Waals surface area contributed by atoms with E-state index in [4.69, 9.17) is 4.43 Å². The van der Waals surface area contributed by atoms with Crippen LogP contribution < -0.4 is 10.4 Å². The summed E-state index contributed by atoms with van der Waals surface area (Å²) in [5.74, 6) is 5.53. The van der Waals surface area contributed by atoms with Gasteiger partial charge in [0.25, 0.3) is 8.32 Å². The highest BCUT2D eigenvalue weighted by Crippen LogP contribution is 2.36. The van der Waals surface area contributed by atoms with E-state index in [2.05, 4.69) is 81.1 Å². The Morgan fingerprint density at radius 3 is 1.79 bits per heavy atom. The largest absolute Gasteiger partial charge is 0.404 e. The predicted molar refractivity (Wildman–Crippen MR) is 103 cm³/mol. The van der Waals surface area contributed by atoms with Gasteiger partial charge in [-0.15, -0.1) is 5.92 Å². The van der Waals surface area contributed by atoms with Crippen LogP contribution >= 0.6 is 0 Å². The molecule has 0 aromatic heterocycles. The molecule has 24 heavy (non-hydrogen) atoms. The normalized spacial score (nSPS) is 13.0. The molecule has 2 aromatic rings. The molecule has 2 nitrogen and oxygen atoms in total. The standard InChI is InChI=1S/C21H26O2Si/c1-5-12-18(22)17-23-24(21(2,3)4,19-13-8-6-9-14-19)20-15-10-7-11-16-20/h6-11,13-16,18,22H,17H2,1-4H3/t18-/m0/s1. The molecule has 0 heterocycles. The maximum atomic E-state index is 10.1. The van der Waals surface area contributed by atoms with Crippen LogP contribution in [0.4, 0.5) is 0 Å². The van der Waals surface area contributed by atoms with Gasteiger partial charge in [0.2, 0.25) is 0 Å². The highest BCUT2D eigenvalue weighted by molar-refractivity contribution is 6.99. The van der Waals surface area contributed by atoms with E-state index in [1.165, 1.54) is 10.4 Å². The second kappa shape index (κ2) is 7.81. The Morgan fingerprint density at radius 1 is 0.958 bits per heavy atom. The second-order valence-corrected chi connectivity index (χ2v) is 11.2. The third-order valence-corrected chi connectivity index (χ3v) is 9.19. The summed E-state index contributed by atoms with van der Waals surface area (Å²) >= 11 is 0. The van der Waals surface area contributed by atoms with Crippen LogP contribution in [-0.4, -0.2) is 26.1 Å². The molecule has 0 aliphatic carbocycles. The van der Waals surface area contributed by atoms with E-state index in [9.17, 15) is 5.11 Å². The Hall–Kier alpha value is -1.86. The average Bonchev–Trinajstić information content (AvgIpc) is 2.56. The fourth-order valence-electron chi connectivity index (χ4n) is 3.17. The van der Waals surface area contributed by atoms with Crippen molar-refractivity contribution in [2.75, 3.05) is 6.61 Å². The molecule has 0 unspecified atom stereocenters. The summed E-state index contributed by atoms with van der Waals surface area (Å²) in [4.78, 5) is 0. The number of rotatable bonds is 5. The molecule has 0 amide bonds. The summed E-state index contributed by atoms with van der Waals surface area (Å²) in [7, 11) is -2.57. The number of benzene rings is 2. The molecule has 0 aliphatic rings. The maximum absolute atomic E-state index is 10.1. The summed E-state index contributed by atoms with van der Waals surface area (Å²) < 4.78 is 6.57. The zero-order valence-electron chi connectivity index (χ0n) is 14.9. The lowest BCUT2D eigenvalue weighted by Gasteiger charge is -2.43. The Balaban J connectivity index is 2.59. The van der Waals surface area contributed by atoms with Crippen molar-refractivity contribution in [2.45, 2.75) is 38.8 Å². The van der Waals surface area contributed by atoms with Crippen LogP contribution in [0.2, 0.25) is 5.04 Å². The first-order valence-corrected chi connectivity index (χ1v) is 10.2. The molecular formula is C21H26O2Si. The van der Waals surface area contributed by atoms with Crippen molar-refractivity contribution in [3.63, 3.8) is 0 Å². The van der Waals surface area contributed by atoms with Crippen LogP contribution in [0.5, 0.6) is 0 Å². The molecule has 3 heteroatoms. The Labute approximate surface area is 146 Å². The molecule has 0 fully saturated rings. The van der Waals surface area contributed by atoms with Crippen LogP contribution in [0.3, 0.4) is 0 Å². The van der Waals surface area contributed by atoms with Gasteiger partial charge in [0.15, 0.2) is 0 Å². The summed E-state index contributed by atoms with van der Waals surface area (Å²) in [5.41, 5.74) is 0. The third kappa shape index (κ3) is 3.79. The van der Waals surface area contributed by atoms with Gasteiger partial charge in [-0.1, -0.05) is 87.4 Å². The van der Waals surface area contributed by atoms with Crippen LogP contribution in [0.25, 0.3) is 0 Å². The SMILES string of the molecule is CC#C[C@H](O)CO[Si](c1ccccc1)(c1ccccc1)C(C)(C)C. The molecule has 0 aliphatic heterocycles. The Morgan fingerprint density at radius 2 is 1.42 bits per heavy atom. The highest BCUT2D eigenvalue weighted by Gasteiger charge is 2.50. The zero-order chi connectivity index (χ0) is 17.6. The monoisotopic (exact) mass is 338 g/mol. The van der Waals surface area contributed by atoms with Crippen molar-refractivity contribution >= 4 is 18.7 Å². The van der Waals surface area contributed by atoms with Gasteiger partial charge in [-0.2, -0.15) is 0 Å². The van der Waals surface area contributed by atoms with Crippen LogP contribution in [-0.2, 0) is 4.43 Å². The number of hydrogen-bond donors (Lipinski definition) is 1. The molecule has 0 radical (unpaired) electrons. The van der Waals surface area contributed by atoms with Gasteiger partial charge < -0.3 is 9.53 Å². The van der Waals surface area contributed by atoms with Crippen molar-refractivity contribution in [2.24, 2.45) is 0 Å². The average molecular weight is 339 g/mol. The lowest BCUT2D eigenvalue weighted by molar-refractivity contribution is 0.145. The van der Waals surface area contributed by atoms with Gasteiger partial charge in [0, 0.05) is 0 Å². The fourth-order valence-corrected chi connectivity index (χ4v) is 7.74. The lowest BCUT2D eigenvalue weighted by atomic mass is 10.2. The molecule has 1 atom stereocenters. The van der Waals surface area contributed by atoms with Crippen molar-refractivity contribution < 1.29 is 9.53 Å². The van der Waals surface area contributed by atoms with Gasteiger partial charge in [-0.3, -0.25) is 0 Å². The van der Waals surface area contributed by atoms with E-state index in [1.807, 2.05) is 12.1 Å². The van der Waals surface area contributed by atoms with Gasteiger partial charge in [0.1, 0.15) is 6.10 Å². The number of aliphatic hydroxyl groups is 1. The van der Waals surface area contributed by atoms with Crippen molar-refractivity contribution in [3.05, 3.63) is 60.7 Å². The van der Waals surface area contributed by atoms with E-state index in [0.717, 1.165) is 0 Å². The van der Waals surface area contributed by atoms with E-state index in [0.29, 0.717) is 0 Å². The van der Waals surface area contributed by atoms with Gasteiger partial charge >= 0.3 is 0 Å². The van der Waals surface area contributed by atoms with Crippen molar-refractivity contribution in [1.82, 2.24) is 0 Å². The summed E-state index contributed by atoms with van der Waals surface area (Å²) in [5, 5.41) is 12.4. The quantitative estimate of drug-likeness (QED) is 0.671. The maximum Gasteiger partial charge on any atom is 0.261 e. The fraction of sp³-hybridized carbons (Fsp3) is 0.333. The molecule has 2 rings (SSSR count). The van der Waals surface area contributed by atoms with E-state index in [1.54, 1.807) is 6.92 Å². The smallest absolute Gasteiger partial charge is 0.261 e. The predicted octanol–water partition coefficient (Wildman–Crippen LogP) is 2.95. The van der Waals surface area contributed by atoms with Gasteiger partial charge in [-0.25, -0.2) is 0 Å². The van der Waals surface area contributed by atoms with Crippen LogP contribution in [0.1, 0.15) is 27.7 Å². The minimum absolute atomic E-state index is 0.0882. The molecule has 0 bridgehead atoms. The van der Waals surface area contributed by atoms with E-state index in [-0.39, 0.29) is 11.6 Å². The first kappa shape index (κ1) is 18.5. The number of aliphatic hydroxyl groups excluding tert-OH is 1. The minimum Gasteiger partial charge on any atom is -0.404 e. The second-order valence-electron chi connectivity index (χ2n) is 6.88. The molecule has 1 N–H and O–H groups in total. The summed E-state index contributed by atoms with van der Waals surface area (Å²) in [6.07, 6.45) is -0.767. The molecule has 126 valence electrons. The van der Waals surface area contributed by atoms with Gasteiger partial charge in [-0.05, 0) is 22.3 Å². The highest BCUT2D eigenvalue weighted by atomic mass is 28.4. The first-order chi connectivity index (χ1) is 11.4. The zero-order valence-corrected chi connectivity index (χ0v) is 15.9. The van der Waals surface area contributed by atoms with Crippen LogP contribution in [0.15, 0.2) is 60.7 Å². The topological polar surface area (TPSA) is 29.5 Å². The van der Waals surface area contributed by atoms with Crippen molar-refractivity contribution in [3.8, 4) is 11.8 Å². The van der Waals surface area contributed by atoms with Crippen LogP contribution in [0, 0.1) is 11.8 Å². The molecule has 0 saturated carbocycles. The van der Waals surface area contributed by atoms with Gasteiger partial charge in [0.05, 0.1) is 6.61 Å². The minimum atomic E-state index is -2.57. The summed E-state index contributed by atoms with van der Waals surface area (Å²) in [6.45, 7) is 8.60. The Kier molecular flexibility index (Phi) is 6.01. The molecule has 2 aromatic carbocycles. The molecule has 0 saturated heterocycles. The molecular weight excluding hydrogens is 312 g/mol. The molecule has 0 spiro atoms. The lowest BCUT2D eigenvalue weighted by Crippen LogP contribution is -2.67. The third-order valence-electron chi connectivity index (χ3n) is 4.19. The number of hydrogen-bond acceptors (Lipinski definition) is 2. The van der Waals surface area contributed by atoms with Crippen molar-refractivity contribution in [1.29, 1.82) is 0 Å². The van der Waals surface area contributed by atoms with E-state index < -0.39 is 14.4 Å². The summed E-state index contributed by atoms with van der Waals surface area (Å²) in [6, 6.07) is 20.8.